The highest BCUT2D eigenvalue weighted by Crippen LogP contribution is 2.20. The number of carbonyl (C=O) groups is 2. The van der Waals surface area contributed by atoms with Gasteiger partial charge in [-0.3, -0.25) is 14.5 Å². The number of amides is 2. The summed E-state index contributed by atoms with van der Waals surface area (Å²) < 4.78 is 79.7. The van der Waals surface area contributed by atoms with E-state index < -0.39 is 71.2 Å². The monoisotopic (exact) mass is 433 g/mol. The first-order chi connectivity index (χ1) is 14.1. The predicted molar refractivity (Wildman–Crippen MR) is 96.6 cm³/mol. The van der Waals surface area contributed by atoms with Gasteiger partial charge < -0.3 is 10.6 Å². The number of hydrogen-bond acceptors (Lipinski definition) is 3. The molecule has 0 aromatic heterocycles. The minimum absolute atomic E-state index is 0.224. The highest BCUT2D eigenvalue weighted by molar-refractivity contribution is 5.94. The van der Waals surface area contributed by atoms with Crippen LogP contribution in [0.25, 0.3) is 0 Å². The topological polar surface area (TPSA) is 61.4 Å². The van der Waals surface area contributed by atoms with Gasteiger partial charge in [0.25, 0.3) is 0 Å². The molecule has 0 atom stereocenters. The molecule has 0 heterocycles. The van der Waals surface area contributed by atoms with Crippen LogP contribution in [0.1, 0.15) is 13.3 Å². The third-order valence-corrected chi connectivity index (χ3v) is 3.89. The quantitative estimate of drug-likeness (QED) is 0.492. The van der Waals surface area contributed by atoms with Gasteiger partial charge in [-0.05, 0) is 37.2 Å². The third kappa shape index (κ3) is 5.72. The van der Waals surface area contributed by atoms with Crippen molar-refractivity contribution in [3.8, 4) is 0 Å². The largest absolute Gasteiger partial charge is 0.322 e. The van der Waals surface area contributed by atoms with E-state index in [2.05, 4.69) is 10.6 Å². The summed E-state index contributed by atoms with van der Waals surface area (Å²) in [4.78, 5) is 25.5. The normalized spacial score (nSPS) is 10.9. The molecular weight excluding hydrogens is 416 g/mol. The number of hydrogen-bond donors (Lipinski definition) is 2. The van der Waals surface area contributed by atoms with Gasteiger partial charge in [0.15, 0.2) is 34.9 Å². The number of halogens is 6. The Morgan fingerprint density at radius 1 is 0.733 bits per heavy atom. The van der Waals surface area contributed by atoms with Crippen LogP contribution in [0.3, 0.4) is 0 Å². The molecule has 5 nitrogen and oxygen atoms in total. The molecule has 0 unspecified atom stereocenters. The molecule has 0 saturated heterocycles. The van der Waals surface area contributed by atoms with E-state index in [1.807, 2.05) is 0 Å². The Morgan fingerprint density at radius 2 is 1.13 bits per heavy atom. The van der Waals surface area contributed by atoms with Crippen molar-refractivity contribution in [2.75, 3.05) is 30.3 Å². The van der Waals surface area contributed by atoms with Crippen LogP contribution in [0, 0.1) is 34.9 Å². The Hall–Kier alpha value is -3.08. The van der Waals surface area contributed by atoms with Crippen LogP contribution in [0.5, 0.6) is 0 Å². The SMILES string of the molecule is CCCN(CC(=O)Nc1ccc(F)c(F)c1F)CC(=O)Nc1ccc(F)c(F)c1F. The minimum atomic E-state index is -1.74. The predicted octanol–water partition coefficient (Wildman–Crippen LogP) is 3.81. The van der Waals surface area contributed by atoms with E-state index in [1.165, 1.54) is 4.90 Å². The molecule has 0 radical (unpaired) electrons. The second-order valence-electron chi connectivity index (χ2n) is 6.25. The van der Waals surface area contributed by atoms with E-state index in [1.54, 1.807) is 6.92 Å². The molecule has 0 aliphatic rings. The first kappa shape index (κ1) is 23.2. The van der Waals surface area contributed by atoms with Crippen molar-refractivity contribution in [1.29, 1.82) is 0 Å². The lowest BCUT2D eigenvalue weighted by Crippen LogP contribution is -2.39. The third-order valence-electron chi connectivity index (χ3n) is 3.89. The van der Waals surface area contributed by atoms with Gasteiger partial charge in [-0.2, -0.15) is 0 Å². The molecule has 0 spiro atoms. The summed E-state index contributed by atoms with van der Waals surface area (Å²) in [6, 6.07) is 2.96. The van der Waals surface area contributed by atoms with Gasteiger partial charge in [-0.1, -0.05) is 6.92 Å². The summed E-state index contributed by atoms with van der Waals surface area (Å²) >= 11 is 0. The van der Waals surface area contributed by atoms with Crippen molar-refractivity contribution in [2.45, 2.75) is 13.3 Å². The van der Waals surface area contributed by atoms with E-state index in [9.17, 15) is 35.9 Å². The maximum Gasteiger partial charge on any atom is 0.238 e. The minimum Gasteiger partial charge on any atom is -0.322 e. The molecule has 2 amide bonds. The van der Waals surface area contributed by atoms with Crippen LogP contribution >= 0.6 is 0 Å². The molecule has 11 heteroatoms. The summed E-state index contributed by atoms with van der Waals surface area (Å²) in [5.41, 5.74) is -1.16. The van der Waals surface area contributed by atoms with Gasteiger partial charge in [0.2, 0.25) is 11.8 Å². The summed E-state index contributed by atoms with van der Waals surface area (Å²) in [5.74, 6) is -11.1. The van der Waals surface area contributed by atoms with E-state index in [0.717, 1.165) is 12.1 Å². The van der Waals surface area contributed by atoms with Crippen molar-refractivity contribution < 1.29 is 35.9 Å². The van der Waals surface area contributed by atoms with Gasteiger partial charge >= 0.3 is 0 Å². The maximum absolute atomic E-state index is 13.7. The second-order valence-corrected chi connectivity index (χ2v) is 6.25. The highest BCUT2D eigenvalue weighted by Gasteiger charge is 2.20. The van der Waals surface area contributed by atoms with Crippen LogP contribution < -0.4 is 10.6 Å². The van der Waals surface area contributed by atoms with Crippen molar-refractivity contribution in [3.05, 3.63) is 59.2 Å². The molecule has 0 aliphatic heterocycles. The lowest BCUT2D eigenvalue weighted by atomic mass is 10.2. The molecular formula is C19H17F6N3O2. The van der Waals surface area contributed by atoms with Gasteiger partial charge in [0, 0.05) is 0 Å². The Labute approximate surface area is 167 Å². The molecule has 0 fully saturated rings. The van der Waals surface area contributed by atoms with Crippen LogP contribution in [0.4, 0.5) is 37.7 Å². The molecule has 0 bridgehead atoms. The Balaban J connectivity index is 2.02. The van der Waals surface area contributed by atoms with Gasteiger partial charge in [-0.25, -0.2) is 26.3 Å². The average Bonchev–Trinajstić information content (AvgIpc) is 2.69. The summed E-state index contributed by atoms with van der Waals surface area (Å²) in [6.07, 6.45) is 0.500. The number of nitrogens with zero attached hydrogens (tertiary/aromatic N) is 1. The van der Waals surface area contributed by atoms with Gasteiger partial charge in [0.1, 0.15) is 0 Å². The lowest BCUT2D eigenvalue weighted by molar-refractivity contribution is -0.120. The van der Waals surface area contributed by atoms with Gasteiger partial charge in [-0.15, -0.1) is 0 Å². The number of carbonyl (C=O) groups excluding carboxylic acids is 2. The molecule has 2 rings (SSSR count). The van der Waals surface area contributed by atoms with E-state index in [-0.39, 0.29) is 6.54 Å². The zero-order valence-electron chi connectivity index (χ0n) is 15.7. The Bertz CT molecular complexity index is 881. The van der Waals surface area contributed by atoms with E-state index >= 15 is 0 Å². The first-order valence-corrected chi connectivity index (χ1v) is 8.73. The highest BCUT2D eigenvalue weighted by atomic mass is 19.2. The number of anilines is 2. The molecule has 0 aliphatic carbocycles. The first-order valence-electron chi connectivity index (χ1n) is 8.73. The Morgan fingerprint density at radius 3 is 1.50 bits per heavy atom. The van der Waals surface area contributed by atoms with Crippen molar-refractivity contribution >= 4 is 23.2 Å². The maximum atomic E-state index is 13.7. The second kappa shape index (κ2) is 10.1. The fourth-order valence-corrected chi connectivity index (χ4v) is 2.56. The molecule has 2 N–H and O–H groups in total. The number of benzene rings is 2. The van der Waals surface area contributed by atoms with E-state index in [0.29, 0.717) is 18.6 Å². The number of nitrogens with one attached hydrogen (secondary N) is 2. The van der Waals surface area contributed by atoms with Crippen LogP contribution in [0.2, 0.25) is 0 Å². The van der Waals surface area contributed by atoms with E-state index in [4.69, 9.17) is 0 Å². The van der Waals surface area contributed by atoms with Crippen LogP contribution in [0.15, 0.2) is 24.3 Å². The fraction of sp³-hybridized carbons (Fsp3) is 0.263. The van der Waals surface area contributed by atoms with Gasteiger partial charge in [0.05, 0.1) is 24.5 Å². The van der Waals surface area contributed by atoms with Crippen molar-refractivity contribution in [3.63, 3.8) is 0 Å². The number of rotatable bonds is 8. The van der Waals surface area contributed by atoms with Crippen molar-refractivity contribution in [2.24, 2.45) is 0 Å². The summed E-state index contributed by atoms with van der Waals surface area (Å²) in [6.45, 7) is 1.11. The zero-order valence-corrected chi connectivity index (χ0v) is 15.7. The fourth-order valence-electron chi connectivity index (χ4n) is 2.56. The standard InChI is InChI=1S/C19H17F6N3O2/c1-2-7-28(8-14(29)26-12-5-3-10(20)16(22)18(12)24)9-15(30)27-13-6-4-11(21)17(23)19(13)25/h3-6H,2,7-9H2,1H3,(H,26,29)(H,27,30). The smallest absolute Gasteiger partial charge is 0.238 e. The van der Waals surface area contributed by atoms with Crippen molar-refractivity contribution in [1.82, 2.24) is 4.90 Å². The molecule has 2 aromatic carbocycles. The summed E-state index contributed by atoms with van der Waals surface area (Å²) in [7, 11) is 0. The molecule has 0 saturated carbocycles. The van der Waals surface area contributed by atoms with Crippen LogP contribution in [-0.4, -0.2) is 36.3 Å². The molecule has 2 aromatic rings. The zero-order chi connectivity index (χ0) is 22.4. The lowest BCUT2D eigenvalue weighted by Gasteiger charge is -2.21. The molecule has 30 heavy (non-hydrogen) atoms. The van der Waals surface area contributed by atoms with Crippen LogP contribution in [-0.2, 0) is 9.59 Å². The average molecular weight is 433 g/mol. The molecule has 162 valence electrons. The Kier molecular flexibility index (Phi) is 7.81. The summed E-state index contributed by atoms with van der Waals surface area (Å²) in [5, 5.41) is 4.14.